The Balaban J connectivity index is 1.66. The van der Waals surface area contributed by atoms with Gasteiger partial charge in [0.2, 0.25) is 9.73 Å². The zero-order chi connectivity index (χ0) is 16.7. The van der Waals surface area contributed by atoms with Gasteiger partial charge in [-0.1, -0.05) is 46.8 Å². The highest BCUT2D eigenvalue weighted by Gasteiger charge is 2.16. The van der Waals surface area contributed by atoms with Crippen LogP contribution in [0.1, 0.15) is 16.1 Å². The topological polar surface area (TPSA) is 78.2 Å². The number of hydrogen-bond donors (Lipinski definition) is 0. The van der Waals surface area contributed by atoms with Crippen LogP contribution >= 0.6 is 23.6 Å². The molecule has 0 N–H and O–H groups in total. The Bertz CT molecular complexity index is 1090. The van der Waals surface area contributed by atoms with Crippen LogP contribution in [0.2, 0.25) is 0 Å². The highest BCUT2D eigenvalue weighted by atomic mass is 32.1. The number of nitrogens with zero attached hydrogens (tertiary/aromatic N) is 5. The first-order valence-electron chi connectivity index (χ1n) is 7.10. The molecule has 3 heterocycles. The van der Waals surface area contributed by atoms with Crippen molar-refractivity contribution in [1.82, 2.24) is 24.6 Å². The fourth-order valence-electron chi connectivity index (χ4n) is 2.25. The molecule has 4 rings (SSSR count). The van der Waals surface area contributed by atoms with Gasteiger partial charge in [0, 0.05) is 11.6 Å². The maximum Gasteiger partial charge on any atom is 0.233 e. The van der Waals surface area contributed by atoms with Gasteiger partial charge >= 0.3 is 0 Å². The number of fused-ring (bicyclic) bond motifs is 1. The molecule has 0 bridgehead atoms. The molecule has 0 aliphatic carbocycles. The summed E-state index contributed by atoms with van der Waals surface area (Å²) >= 11 is 6.72. The van der Waals surface area contributed by atoms with Gasteiger partial charge in [0.05, 0.1) is 0 Å². The Morgan fingerprint density at radius 3 is 2.75 bits per heavy atom. The Morgan fingerprint density at radius 2 is 2.08 bits per heavy atom. The normalized spacial score (nSPS) is 11.2. The summed E-state index contributed by atoms with van der Waals surface area (Å²) in [6.07, 6.45) is 0. The van der Waals surface area contributed by atoms with Crippen LogP contribution < -0.4 is 0 Å². The molecule has 120 valence electrons. The Morgan fingerprint density at radius 1 is 1.29 bits per heavy atom. The molecule has 0 saturated heterocycles. The largest absolute Gasteiger partial charge is 0.361 e. The summed E-state index contributed by atoms with van der Waals surface area (Å²) < 4.78 is 8.46. The number of aryl methyl sites for hydroxylation is 1. The van der Waals surface area contributed by atoms with Gasteiger partial charge in [0.15, 0.2) is 10.8 Å². The van der Waals surface area contributed by atoms with Crippen molar-refractivity contribution < 1.29 is 9.32 Å². The summed E-state index contributed by atoms with van der Waals surface area (Å²) in [6, 6.07) is 10.9. The van der Waals surface area contributed by atoms with Gasteiger partial charge in [-0.2, -0.15) is 4.52 Å². The van der Waals surface area contributed by atoms with E-state index in [4.69, 9.17) is 16.7 Å². The molecule has 0 aliphatic rings. The second kappa shape index (κ2) is 5.77. The summed E-state index contributed by atoms with van der Waals surface area (Å²) in [5.74, 6) is 0.657. The monoisotopic (exact) mass is 357 g/mol. The number of carbonyl (C=O) groups is 1. The summed E-state index contributed by atoms with van der Waals surface area (Å²) in [5.41, 5.74) is 1.27. The van der Waals surface area contributed by atoms with E-state index in [9.17, 15) is 4.79 Å². The van der Waals surface area contributed by atoms with Crippen molar-refractivity contribution in [3.05, 3.63) is 52.5 Å². The molecule has 9 heteroatoms. The van der Waals surface area contributed by atoms with E-state index < -0.39 is 0 Å². The lowest BCUT2D eigenvalue weighted by Crippen LogP contribution is -2.12. The second-order valence-electron chi connectivity index (χ2n) is 5.15. The van der Waals surface area contributed by atoms with Crippen molar-refractivity contribution in [3.63, 3.8) is 0 Å². The molecule has 3 aromatic heterocycles. The third-order valence-corrected chi connectivity index (χ3v) is 4.71. The predicted octanol–water partition coefficient (Wildman–Crippen LogP) is 3.17. The number of benzene rings is 1. The maximum atomic E-state index is 12.3. The molecular formula is C15H11N5O2S2. The lowest BCUT2D eigenvalue weighted by molar-refractivity contribution is 0.0967. The minimum absolute atomic E-state index is 0.0511. The van der Waals surface area contributed by atoms with E-state index in [1.54, 1.807) is 18.2 Å². The molecule has 0 saturated carbocycles. The highest BCUT2D eigenvalue weighted by molar-refractivity contribution is 7.71. The van der Waals surface area contributed by atoms with E-state index >= 15 is 0 Å². The molecule has 0 atom stereocenters. The minimum atomic E-state index is -0.0511. The van der Waals surface area contributed by atoms with E-state index in [0.717, 1.165) is 0 Å². The Kier molecular flexibility index (Phi) is 3.58. The molecule has 0 fully saturated rings. The Hall–Kier alpha value is -2.65. The molecular weight excluding hydrogens is 346 g/mol. The lowest BCUT2D eigenvalue weighted by atomic mass is 10.1. The fraction of sp³-hybridized carbons (Fsp3) is 0.133. The van der Waals surface area contributed by atoms with Crippen molar-refractivity contribution in [1.29, 1.82) is 0 Å². The van der Waals surface area contributed by atoms with E-state index in [1.165, 1.54) is 20.5 Å². The SMILES string of the molecule is Cc1cc(-c2nn3c(=S)n(CC(=O)c4ccccc4)nc3s2)no1. The molecule has 0 spiro atoms. The van der Waals surface area contributed by atoms with Gasteiger partial charge in [-0.3, -0.25) is 4.79 Å². The molecule has 0 unspecified atom stereocenters. The van der Waals surface area contributed by atoms with Crippen molar-refractivity contribution in [2.75, 3.05) is 0 Å². The van der Waals surface area contributed by atoms with Crippen LogP contribution in [0.5, 0.6) is 0 Å². The van der Waals surface area contributed by atoms with Gasteiger partial charge in [0.25, 0.3) is 0 Å². The predicted molar refractivity (Wildman–Crippen MR) is 90.7 cm³/mol. The summed E-state index contributed by atoms with van der Waals surface area (Å²) in [5, 5.41) is 13.4. The van der Waals surface area contributed by atoms with Crippen LogP contribution in [0.15, 0.2) is 40.9 Å². The molecule has 24 heavy (non-hydrogen) atoms. The van der Waals surface area contributed by atoms with Gasteiger partial charge in [-0.15, -0.1) is 10.2 Å². The number of aromatic nitrogens is 5. The standard InChI is InChI=1S/C15H11N5O2S2/c1-9-7-11(18-22-9)13-16-20-14(24-13)17-19(15(20)23)8-12(21)10-5-3-2-4-6-10/h2-7H,8H2,1H3. The average molecular weight is 357 g/mol. The first-order chi connectivity index (χ1) is 11.6. The van der Waals surface area contributed by atoms with E-state index in [-0.39, 0.29) is 12.3 Å². The molecule has 1 aromatic carbocycles. The van der Waals surface area contributed by atoms with Crippen molar-refractivity contribution in [2.24, 2.45) is 0 Å². The molecule has 0 aliphatic heterocycles. The van der Waals surface area contributed by atoms with Crippen molar-refractivity contribution in [3.8, 4) is 10.7 Å². The number of carbonyl (C=O) groups excluding carboxylic acids is 1. The smallest absolute Gasteiger partial charge is 0.233 e. The van der Waals surface area contributed by atoms with Crippen molar-refractivity contribution >= 4 is 34.3 Å². The number of ketones is 1. The molecule has 0 radical (unpaired) electrons. The molecule has 7 nitrogen and oxygen atoms in total. The highest BCUT2D eigenvalue weighted by Crippen LogP contribution is 2.24. The van der Waals surface area contributed by atoms with Gasteiger partial charge in [-0.25, -0.2) is 4.68 Å². The van der Waals surface area contributed by atoms with Gasteiger partial charge in [-0.05, 0) is 19.1 Å². The van der Waals surface area contributed by atoms with Crippen LogP contribution in [0, 0.1) is 11.7 Å². The zero-order valence-corrected chi connectivity index (χ0v) is 14.2. The van der Waals surface area contributed by atoms with E-state index in [2.05, 4.69) is 15.4 Å². The van der Waals surface area contributed by atoms with E-state index in [1.807, 2.05) is 25.1 Å². The van der Waals surface area contributed by atoms with Crippen LogP contribution in [-0.4, -0.2) is 30.3 Å². The minimum Gasteiger partial charge on any atom is -0.361 e. The van der Waals surface area contributed by atoms with Crippen molar-refractivity contribution in [2.45, 2.75) is 13.5 Å². The zero-order valence-electron chi connectivity index (χ0n) is 12.5. The maximum absolute atomic E-state index is 12.3. The van der Waals surface area contributed by atoms with Crippen LogP contribution in [0.4, 0.5) is 0 Å². The number of Topliss-reactive ketones (excluding diaryl/α,β-unsaturated/α-hetero) is 1. The number of rotatable bonds is 4. The lowest BCUT2D eigenvalue weighted by Gasteiger charge is -2.00. The second-order valence-corrected chi connectivity index (χ2v) is 6.47. The van der Waals surface area contributed by atoms with Gasteiger partial charge < -0.3 is 4.52 Å². The average Bonchev–Trinajstić information content (AvgIpc) is 3.26. The fourth-order valence-corrected chi connectivity index (χ4v) is 3.39. The van der Waals surface area contributed by atoms with Crippen LogP contribution in [-0.2, 0) is 6.54 Å². The first-order valence-corrected chi connectivity index (χ1v) is 8.33. The summed E-state index contributed by atoms with van der Waals surface area (Å²) in [4.78, 5) is 12.9. The third kappa shape index (κ3) is 2.57. The quantitative estimate of drug-likeness (QED) is 0.412. The van der Waals surface area contributed by atoms with Crippen LogP contribution in [0.3, 0.4) is 0 Å². The molecule has 0 amide bonds. The first kappa shape index (κ1) is 14.9. The van der Waals surface area contributed by atoms with Crippen LogP contribution in [0.25, 0.3) is 15.7 Å². The summed E-state index contributed by atoms with van der Waals surface area (Å²) in [6.45, 7) is 1.90. The summed E-state index contributed by atoms with van der Waals surface area (Å²) in [7, 11) is 0. The van der Waals surface area contributed by atoms with E-state index in [0.29, 0.717) is 31.8 Å². The molecule has 4 aromatic rings. The van der Waals surface area contributed by atoms with Gasteiger partial charge in [0.1, 0.15) is 18.0 Å². The Labute approximate surface area is 145 Å². The number of hydrogen-bond acceptors (Lipinski definition) is 7. The third-order valence-electron chi connectivity index (χ3n) is 3.40.